The molecule has 0 aromatic carbocycles. The van der Waals surface area contributed by atoms with Crippen molar-refractivity contribution in [1.82, 2.24) is 9.97 Å². The lowest BCUT2D eigenvalue weighted by Gasteiger charge is -2.39. The van der Waals surface area contributed by atoms with Crippen LogP contribution in [0.5, 0.6) is 0 Å². The zero-order valence-corrected chi connectivity index (χ0v) is 15.1. The predicted molar refractivity (Wildman–Crippen MR) is 95.5 cm³/mol. The van der Waals surface area contributed by atoms with Gasteiger partial charge in [0, 0.05) is 33.0 Å². The van der Waals surface area contributed by atoms with Crippen molar-refractivity contribution >= 4 is 5.95 Å². The number of rotatable bonds is 6. The molecule has 2 fully saturated rings. The van der Waals surface area contributed by atoms with Crippen LogP contribution in [0.15, 0.2) is 12.3 Å². The lowest BCUT2D eigenvalue weighted by Crippen LogP contribution is -2.44. The zero-order valence-electron chi connectivity index (χ0n) is 15.1. The molecule has 3 rings (SSSR count). The van der Waals surface area contributed by atoms with Crippen LogP contribution in [0, 0.1) is 11.8 Å². The highest BCUT2D eigenvalue weighted by Gasteiger charge is 2.33. The van der Waals surface area contributed by atoms with Crippen LogP contribution in [0.4, 0.5) is 5.95 Å². The van der Waals surface area contributed by atoms with E-state index >= 15 is 0 Å². The minimum Gasteiger partial charge on any atom is -0.378 e. The first-order valence-electron chi connectivity index (χ1n) is 9.11. The fourth-order valence-electron chi connectivity index (χ4n) is 3.23. The monoisotopic (exact) mass is 345 g/mol. The molecule has 0 radical (unpaired) electrons. The van der Waals surface area contributed by atoms with Crippen molar-refractivity contribution in [2.45, 2.75) is 50.9 Å². The maximum Gasteiger partial charge on any atom is 0.226 e. The van der Waals surface area contributed by atoms with Crippen molar-refractivity contribution < 1.29 is 14.2 Å². The van der Waals surface area contributed by atoms with Crippen molar-refractivity contribution in [3.63, 3.8) is 0 Å². The largest absolute Gasteiger partial charge is 0.378 e. The molecule has 1 aliphatic heterocycles. The molecule has 0 amide bonds. The van der Waals surface area contributed by atoms with E-state index in [1.165, 1.54) is 0 Å². The van der Waals surface area contributed by atoms with E-state index in [9.17, 15) is 0 Å². The topological polar surface area (TPSA) is 56.7 Å². The fraction of sp³-hybridized carbons (Fsp3) is 0.684. The molecular formula is C19H27N3O3. The van der Waals surface area contributed by atoms with E-state index in [2.05, 4.69) is 26.7 Å². The molecule has 1 aromatic rings. The zero-order chi connectivity index (χ0) is 17.5. The van der Waals surface area contributed by atoms with Gasteiger partial charge < -0.3 is 19.1 Å². The molecule has 1 aliphatic carbocycles. The molecule has 6 heteroatoms. The Morgan fingerprint density at radius 3 is 2.72 bits per heavy atom. The Morgan fingerprint density at radius 2 is 2.00 bits per heavy atom. The van der Waals surface area contributed by atoms with Crippen molar-refractivity contribution in [1.29, 1.82) is 0 Å². The average Bonchev–Trinajstić information content (AvgIpc) is 2.61. The summed E-state index contributed by atoms with van der Waals surface area (Å²) in [4.78, 5) is 11.1. The second-order valence-electron chi connectivity index (χ2n) is 6.47. The molecule has 0 N–H and O–H groups in total. The molecule has 0 atom stereocenters. The quantitative estimate of drug-likeness (QED) is 0.736. The van der Waals surface area contributed by atoms with Gasteiger partial charge in [0.05, 0.1) is 18.3 Å². The van der Waals surface area contributed by atoms with Crippen LogP contribution in [0.3, 0.4) is 0 Å². The smallest absolute Gasteiger partial charge is 0.226 e. The molecule has 2 aliphatic rings. The summed E-state index contributed by atoms with van der Waals surface area (Å²) in [5.41, 5.74) is 0.733. The number of nitrogens with zero attached hydrogens (tertiary/aromatic N) is 3. The Hall–Kier alpha value is -1.68. The van der Waals surface area contributed by atoms with Crippen LogP contribution in [0.25, 0.3) is 0 Å². The minimum atomic E-state index is 0.341. The number of anilines is 1. The highest BCUT2D eigenvalue weighted by atomic mass is 16.5. The second kappa shape index (κ2) is 9.14. The summed E-state index contributed by atoms with van der Waals surface area (Å²) in [6.45, 7) is 5.09. The number of piperidine rings is 1. The van der Waals surface area contributed by atoms with Gasteiger partial charge >= 0.3 is 0 Å². The number of ether oxygens (including phenoxy) is 3. The van der Waals surface area contributed by atoms with Crippen LogP contribution < -0.4 is 4.90 Å². The molecule has 0 unspecified atom stereocenters. The van der Waals surface area contributed by atoms with Crippen molar-refractivity contribution in [2.75, 3.05) is 38.3 Å². The second-order valence-corrected chi connectivity index (χ2v) is 6.47. The molecule has 136 valence electrons. The van der Waals surface area contributed by atoms with Crippen molar-refractivity contribution in [3.05, 3.63) is 18.0 Å². The Kier molecular flexibility index (Phi) is 6.62. The molecule has 1 saturated heterocycles. The van der Waals surface area contributed by atoms with E-state index in [1.807, 2.05) is 13.0 Å². The van der Waals surface area contributed by atoms with E-state index in [-0.39, 0.29) is 0 Å². The SMILES string of the molecule is CCOC1CC(OC2CCN(c3nccc(C#CCOC)n3)CC2)C1. The highest BCUT2D eigenvalue weighted by molar-refractivity contribution is 5.36. The third kappa shape index (κ3) is 5.15. The van der Waals surface area contributed by atoms with Crippen LogP contribution in [-0.2, 0) is 14.2 Å². The minimum absolute atomic E-state index is 0.341. The van der Waals surface area contributed by atoms with Gasteiger partial charge in [0.15, 0.2) is 0 Å². The van der Waals surface area contributed by atoms with E-state index < -0.39 is 0 Å². The van der Waals surface area contributed by atoms with E-state index in [0.29, 0.717) is 24.9 Å². The molecule has 6 nitrogen and oxygen atoms in total. The summed E-state index contributed by atoms with van der Waals surface area (Å²) in [6, 6.07) is 1.83. The first kappa shape index (κ1) is 18.1. The first-order chi connectivity index (χ1) is 12.3. The lowest BCUT2D eigenvalue weighted by molar-refractivity contribution is -0.127. The van der Waals surface area contributed by atoms with Crippen LogP contribution in [0.1, 0.15) is 38.3 Å². The van der Waals surface area contributed by atoms with Gasteiger partial charge in [0.2, 0.25) is 5.95 Å². The van der Waals surface area contributed by atoms with Gasteiger partial charge in [-0.3, -0.25) is 0 Å². The van der Waals surface area contributed by atoms with Crippen LogP contribution in [0.2, 0.25) is 0 Å². The highest BCUT2D eigenvalue weighted by Crippen LogP contribution is 2.29. The maximum atomic E-state index is 6.19. The van der Waals surface area contributed by atoms with Crippen molar-refractivity contribution in [3.8, 4) is 11.8 Å². The van der Waals surface area contributed by atoms with Gasteiger partial charge in [-0.25, -0.2) is 9.97 Å². The van der Waals surface area contributed by atoms with E-state index in [0.717, 1.165) is 57.0 Å². The summed E-state index contributed by atoms with van der Waals surface area (Å²) >= 11 is 0. The van der Waals surface area contributed by atoms with E-state index in [4.69, 9.17) is 14.2 Å². The summed E-state index contributed by atoms with van der Waals surface area (Å²) in [5.74, 6) is 6.68. The summed E-state index contributed by atoms with van der Waals surface area (Å²) in [5, 5.41) is 0. The molecule has 1 aromatic heterocycles. The van der Waals surface area contributed by atoms with E-state index in [1.54, 1.807) is 13.3 Å². The standard InChI is InChI=1S/C19H27N3O3/c1-3-24-17-13-18(14-17)25-16-7-10-22(11-8-16)19-20-9-6-15(21-19)5-4-12-23-2/h6,9,16-18H,3,7-8,10-14H2,1-2H3. The number of aromatic nitrogens is 2. The Morgan fingerprint density at radius 1 is 1.20 bits per heavy atom. The normalized spacial score (nSPS) is 23.7. The van der Waals surface area contributed by atoms with Gasteiger partial charge in [0.1, 0.15) is 12.3 Å². The third-order valence-corrected chi connectivity index (χ3v) is 4.64. The first-order valence-corrected chi connectivity index (χ1v) is 9.11. The number of hydrogen-bond acceptors (Lipinski definition) is 6. The molecule has 25 heavy (non-hydrogen) atoms. The van der Waals surface area contributed by atoms with Gasteiger partial charge in [-0.1, -0.05) is 5.92 Å². The summed E-state index contributed by atoms with van der Waals surface area (Å²) < 4.78 is 16.7. The number of hydrogen-bond donors (Lipinski definition) is 0. The van der Waals surface area contributed by atoms with Gasteiger partial charge in [0.25, 0.3) is 0 Å². The Balaban J connectivity index is 1.45. The molecule has 1 saturated carbocycles. The van der Waals surface area contributed by atoms with Crippen LogP contribution >= 0.6 is 0 Å². The average molecular weight is 345 g/mol. The predicted octanol–water partition coefficient (Wildman–Crippen LogP) is 2.03. The summed E-state index contributed by atoms with van der Waals surface area (Å²) in [7, 11) is 1.63. The van der Waals surface area contributed by atoms with Gasteiger partial charge in [-0.15, -0.1) is 0 Å². The maximum absolute atomic E-state index is 6.19. The lowest BCUT2D eigenvalue weighted by atomic mass is 9.91. The molecule has 2 heterocycles. The molecular weight excluding hydrogens is 318 g/mol. The third-order valence-electron chi connectivity index (χ3n) is 4.64. The molecule has 0 bridgehead atoms. The van der Waals surface area contributed by atoms with Gasteiger partial charge in [-0.05, 0) is 44.6 Å². The Bertz CT molecular complexity index is 599. The van der Waals surface area contributed by atoms with Gasteiger partial charge in [-0.2, -0.15) is 0 Å². The fourth-order valence-corrected chi connectivity index (χ4v) is 3.23. The van der Waals surface area contributed by atoms with Crippen LogP contribution in [-0.4, -0.2) is 61.7 Å². The van der Waals surface area contributed by atoms with Crippen molar-refractivity contribution in [2.24, 2.45) is 0 Å². The Labute approximate surface area is 149 Å². The number of methoxy groups -OCH3 is 1. The molecule has 0 spiro atoms. The summed E-state index contributed by atoms with van der Waals surface area (Å²) in [6.07, 6.45) is 7.00.